The molecule has 1 aromatic heterocycles. The van der Waals surface area contributed by atoms with Crippen molar-refractivity contribution in [1.82, 2.24) is 9.88 Å². The van der Waals surface area contributed by atoms with Crippen LogP contribution in [0.5, 0.6) is 11.5 Å². The van der Waals surface area contributed by atoms with E-state index in [0.29, 0.717) is 30.8 Å². The first-order chi connectivity index (χ1) is 14.0. The predicted octanol–water partition coefficient (Wildman–Crippen LogP) is 2.98. The molecule has 2 aromatic carbocycles. The number of H-pyrrole nitrogens is 1. The molecule has 0 spiro atoms. The van der Waals surface area contributed by atoms with Gasteiger partial charge in [-0.1, -0.05) is 6.07 Å². The van der Waals surface area contributed by atoms with Crippen molar-refractivity contribution in [2.75, 3.05) is 20.8 Å². The second-order valence-electron chi connectivity index (χ2n) is 7.42. The zero-order valence-electron chi connectivity index (χ0n) is 16.9. The Bertz CT molecular complexity index is 1150. The topological polar surface area (TPSA) is 71.6 Å². The van der Waals surface area contributed by atoms with Crippen LogP contribution in [0.1, 0.15) is 22.3 Å². The monoisotopic (exact) mass is 392 g/mol. The standard InChI is InChI=1S/C23H24N2O4/c1-14-8-17-9-15(4-5-19(17)24-23(14)27)10-22(26)25-7-6-16-11-20(28-2)21(29-3)12-18(16)13-25/h4-5,8-9,11-12H,6-7,10,13H2,1-3H3,(H,24,27). The fourth-order valence-electron chi connectivity index (χ4n) is 3.86. The van der Waals surface area contributed by atoms with Gasteiger partial charge in [-0.15, -0.1) is 0 Å². The number of carbonyl (C=O) groups excluding carboxylic acids is 1. The van der Waals surface area contributed by atoms with Crippen LogP contribution in [0, 0.1) is 6.92 Å². The number of aromatic nitrogens is 1. The van der Waals surface area contributed by atoms with Gasteiger partial charge in [-0.2, -0.15) is 0 Å². The van der Waals surface area contributed by atoms with E-state index in [1.54, 1.807) is 21.1 Å². The Kier molecular flexibility index (Phi) is 5.01. The fourth-order valence-corrected chi connectivity index (χ4v) is 3.86. The molecule has 1 amide bonds. The van der Waals surface area contributed by atoms with Crippen molar-refractivity contribution in [3.8, 4) is 11.5 Å². The van der Waals surface area contributed by atoms with Crippen LogP contribution in [0.2, 0.25) is 0 Å². The molecule has 6 nitrogen and oxygen atoms in total. The van der Waals surface area contributed by atoms with Crippen LogP contribution in [0.4, 0.5) is 0 Å². The first-order valence-electron chi connectivity index (χ1n) is 9.62. The second kappa shape index (κ2) is 7.62. The number of ether oxygens (including phenoxy) is 2. The maximum absolute atomic E-state index is 12.9. The molecule has 0 unspecified atom stereocenters. The number of nitrogens with zero attached hydrogens (tertiary/aromatic N) is 1. The lowest BCUT2D eigenvalue weighted by Gasteiger charge is -2.29. The molecule has 150 valence electrons. The molecule has 0 atom stereocenters. The van der Waals surface area contributed by atoms with Gasteiger partial charge in [0.2, 0.25) is 5.91 Å². The van der Waals surface area contributed by atoms with E-state index in [1.165, 1.54) is 5.56 Å². The van der Waals surface area contributed by atoms with Gasteiger partial charge < -0.3 is 19.4 Å². The van der Waals surface area contributed by atoms with Crippen LogP contribution >= 0.6 is 0 Å². The average Bonchev–Trinajstić information content (AvgIpc) is 2.73. The zero-order chi connectivity index (χ0) is 20.5. The largest absolute Gasteiger partial charge is 0.493 e. The summed E-state index contributed by atoms with van der Waals surface area (Å²) in [6, 6.07) is 11.6. The van der Waals surface area contributed by atoms with E-state index in [0.717, 1.165) is 34.2 Å². The van der Waals surface area contributed by atoms with Gasteiger partial charge >= 0.3 is 0 Å². The van der Waals surface area contributed by atoms with Gasteiger partial charge in [0.05, 0.1) is 20.6 Å². The third-order valence-corrected chi connectivity index (χ3v) is 5.52. The number of pyridine rings is 1. The van der Waals surface area contributed by atoms with Crippen molar-refractivity contribution in [2.45, 2.75) is 26.3 Å². The van der Waals surface area contributed by atoms with Crippen LogP contribution in [0.15, 0.2) is 41.2 Å². The van der Waals surface area contributed by atoms with E-state index >= 15 is 0 Å². The van der Waals surface area contributed by atoms with Crippen LogP contribution in [0.25, 0.3) is 10.9 Å². The lowest BCUT2D eigenvalue weighted by Crippen LogP contribution is -2.36. The molecule has 0 bridgehead atoms. The van der Waals surface area contributed by atoms with Crippen molar-refractivity contribution in [3.63, 3.8) is 0 Å². The molecule has 0 fully saturated rings. The quantitative estimate of drug-likeness (QED) is 0.741. The smallest absolute Gasteiger partial charge is 0.251 e. The highest BCUT2D eigenvalue weighted by Crippen LogP contribution is 2.33. The van der Waals surface area contributed by atoms with Crippen molar-refractivity contribution >= 4 is 16.8 Å². The molecule has 6 heteroatoms. The minimum atomic E-state index is -0.0830. The van der Waals surface area contributed by atoms with Gasteiger partial charge in [-0.05, 0) is 65.8 Å². The number of rotatable bonds is 4. The summed E-state index contributed by atoms with van der Waals surface area (Å²) in [5.74, 6) is 1.49. The number of amides is 1. The van der Waals surface area contributed by atoms with Crippen molar-refractivity contribution in [3.05, 3.63) is 69.0 Å². The predicted molar refractivity (Wildman–Crippen MR) is 112 cm³/mol. The van der Waals surface area contributed by atoms with Gasteiger partial charge in [0.15, 0.2) is 11.5 Å². The highest BCUT2D eigenvalue weighted by atomic mass is 16.5. The minimum absolute atomic E-state index is 0.0830. The van der Waals surface area contributed by atoms with Gasteiger partial charge in [-0.25, -0.2) is 0 Å². The Labute approximate surface area is 169 Å². The summed E-state index contributed by atoms with van der Waals surface area (Å²) in [4.78, 5) is 29.4. The Morgan fingerprint density at radius 3 is 2.52 bits per heavy atom. The van der Waals surface area contributed by atoms with Gasteiger partial charge in [0, 0.05) is 24.2 Å². The average molecular weight is 392 g/mol. The summed E-state index contributed by atoms with van der Waals surface area (Å²) < 4.78 is 10.8. The van der Waals surface area contributed by atoms with E-state index in [1.807, 2.05) is 41.3 Å². The molecular weight excluding hydrogens is 368 g/mol. The number of hydrogen-bond acceptors (Lipinski definition) is 4. The minimum Gasteiger partial charge on any atom is -0.493 e. The third kappa shape index (κ3) is 3.70. The van der Waals surface area contributed by atoms with Crippen molar-refractivity contribution < 1.29 is 14.3 Å². The number of carbonyl (C=O) groups is 1. The molecule has 29 heavy (non-hydrogen) atoms. The first-order valence-corrected chi connectivity index (χ1v) is 9.62. The summed E-state index contributed by atoms with van der Waals surface area (Å²) in [7, 11) is 3.24. The van der Waals surface area contributed by atoms with Crippen LogP contribution < -0.4 is 15.0 Å². The molecular formula is C23H24N2O4. The van der Waals surface area contributed by atoms with Crippen molar-refractivity contribution in [2.24, 2.45) is 0 Å². The lowest BCUT2D eigenvalue weighted by atomic mass is 9.98. The Balaban J connectivity index is 1.53. The van der Waals surface area contributed by atoms with Gasteiger partial charge in [-0.3, -0.25) is 9.59 Å². The number of aryl methyl sites for hydroxylation is 1. The van der Waals surface area contributed by atoms with Crippen LogP contribution in [0.3, 0.4) is 0 Å². The number of aromatic amines is 1. The molecule has 2 heterocycles. The van der Waals surface area contributed by atoms with E-state index in [-0.39, 0.29) is 11.5 Å². The van der Waals surface area contributed by atoms with Crippen molar-refractivity contribution in [1.29, 1.82) is 0 Å². The maximum atomic E-state index is 12.9. The number of nitrogens with one attached hydrogen (secondary N) is 1. The highest BCUT2D eigenvalue weighted by molar-refractivity contribution is 5.83. The molecule has 0 saturated carbocycles. The van der Waals surface area contributed by atoms with Gasteiger partial charge in [0.25, 0.3) is 5.56 Å². The highest BCUT2D eigenvalue weighted by Gasteiger charge is 2.23. The Morgan fingerprint density at radius 2 is 1.79 bits per heavy atom. The molecule has 1 aliphatic rings. The Hall–Kier alpha value is -3.28. The third-order valence-electron chi connectivity index (χ3n) is 5.52. The molecule has 1 N–H and O–H groups in total. The van der Waals surface area contributed by atoms with Gasteiger partial charge in [0.1, 0.15) is 0 Å². The Morgan fingerprint density at radius 1 is 1.07 bits per heavy atom. The molecule has 0 aliphatic carbocycles. The molecule has 0 saturated heterocycles. The molecule has 1 aliphatic heterocycles. The lowest BCUT2D eigenvalue weighted by molar-refractivity contribution is -0.131. The fraction of sp³-hybridized carbons (Fsp3) is 0.304. The summed E-state index contributed by atoms with van der Waals surface area (Å²) in [6.45, 7) is 3.03. The van der Waals surface area contributed by atoms with E-state index in [2.05, 4.69) is 4.98 Å². The number of hydrogen-bond donors (Lipinski definition) is 1. The zero-order valence-corrected chi connectivity index (χ0v) is 16.9. The summed E-state index contributed by atoms with van der Waals surface area (Å²) in [5.41, 5.74) is 4.58. The molecule has 4 rings (SSSR count). The SMILES string of the molecule is COc1cc2c(cc1OC)CN(C(=O)Cc1ccc3[nH]c(=O)c(C)cc3c1)CC2. The van der Waals surface area contributed by atoms with Crippen LogP contribution in [-0.2, 0) is 24.2 Å². The second-order valence-corrected chi connectivity index (χ2v) is 7.42. The normalized spacial score (nSPS) is 13.3. The number of fused-ring (bicyclic) bond motifs is 2. The number of methoxy groups -OCH3 is 2. The van der Waals surface area contributed by atoms with E-state index in [9.17, 15) is 9.59 Å². The molecule has 3 aromatic rings. The van der Waals surface area contributed by atoms with E-state index < -0.39 is 0 Å². The summed E-state index contributed by atoms with van der Waals surface area (Å²) in [5, 5.41) is 0.938. The maximum Gasteiger partial charge on any atom is 0.251 e. The van der Waals surface area contributed by atoms with Crippen LogP contribution in [-0.4, -0.2) is 36.6 Å². The number of benzene rings is 2. The van der Waals surface area contributed by atoms with E-state index in [4.69, 9.17) is 9.47 Å². The molecule has 0 radical (unpaired) electrons. The summed E-state index contributed by atoms with van der Waals surface area (Å²) >= 11 is 0. The first kappa shape index (κ1) is 19.1. The summed E-state index contributed by atoms with van der Waals surface area (Å²) in [6.07, 6.45) is 1.12.